The van der Waals surface area contributed by atoms with Crippen molar-refractivity contribution < 1.29 is 8.83 Å². The van der Waals surface area contributed by atoms with Gasteiger partial charge in [-0.15, -0.1) is 0 Å². The van der Waals surface area contributed by atoms with Crippen molar-refractivity contribution in [1.29, 1.82) is 0 Å². The van der Waals surface area contributed by atoms with Crippen molar-refractivity contribution in [2.75, 3.05) is 5.43 Å². The highest BCUT2D eigenvalue weighted by Crippen LogP contribution is 2.37. The molecule has 44 heavy (non-hydrogen) atoms. The number of fused-ring (bicyclic) bond motifs is 9. The Labute approximate surface area is 251 Å². The van der Waals surface area contributed by atoms with Crippen LogP contribution in [0.5, 0.6) is 0 Å². The van der Waals surface area contributed by atoms with E-state index < -0.39 is 6.17 Å². The quantitative estimate of drug-likeness (QED) is 0.163. The van der Waals surface area contributed by atoms with E-state index in [1.54, 1.807) is 0 Å². The summed E-state index contributed by atoms with van der Waals surface area (Å²) in [4.78, 5) is 5.10. The maximum Gasteiger partial charge on any atom is 0.149 e. The molecular weight excluding hydrogens is 544 g/mol. The number of furan rings is 2. The first-order chi connectivity index (χ1) is 21.7. The maximum absolute atomic E-state index is 6.88. The van der Waals surface area contributed by atoms with E-state index in [0.717, 1.165) is 76.8 Å². The third-order valence-corrected chi connectivity index (χ3v) is 8.46. The van der Waals surface area contributed by atoms with Crippen LogP contribution in [0.15, 0.2) is 147 Å². The fraction of sp³-hybridized carbons (Fsp3) is 0.0263. The van der Waals surface area contributed by atoms with Gasteiger partial charge in [0, 0.05) is 49.5 Å². The molecule has 6 aromatic carbocycles. The molecule has 9 rings (SSSR count). The number of nitrogens with two attached hydrogens (primary N) is 1. The van der Waals surface area contributed by atoms with Crippen LogP contribution in [0.25, 0.3) is 65.7 Å². The summed E-state index contributed by atoms with van der Waals surface area (Å²) in [6.07, 6.45) is -0.683. The second kappa shape index (κ2) is 9.59. The van der Waals surface area contributed by atoms with Crippen molar-refractivity contribution in [2.24, 2.45) is 10.7 Å². The van der Waals surface area contributed by atoms with Gasteiger partial charge in [-0.05, 0) is 24.3 Å². The molecule has 0 fully saturated rings. The molecular formula is C38H26N4O2. The van der Waals surface area contributed by atoms with E-state index in [1.807, 2.05) is 84.9 Å². The summed E-state index contributed by atoms with van der Waals surface area (Å²) in [6, 6.07) is 45.0. The third kappa shape index (κ3) is 3.75. The Balaban J connectivity index is 1.24. The highest BCUT2D eigenvalue weighted by molar-refractivity contribution is 6.18. The van der Waals surface area contributed by atoms with Gasteiger partial charge in [0.25, 0.3) is 0 Å². The van der Waals surface area contributed by atoms with Crippen LogP contribution in [-0.4, -0.2) is 10.5 Å². The molecule has 0 saturated heterocycles. The standard InChI is InChI=1S/C38H26N4O2/c39-37(28-17-10-16-27-25-14-5-9-20-34(25)44-36(27)28)40-38(23-11-2-1-3-12-23)41-42-31-18-7-4-13-24(31)29-21-30-26-15-6-8-19-33(26)43-35(30)22-32(29)42/h1-22,37H,39H2,(H,40,41). The monoisotopic (exact) mass is 570 g/mol. The SMILES string of the molecule is NC(/N=C(\Nn1c2ccccc2c2cc3c(cc21)oc1ccccc13)c1ccccc1)c1cccc2c1oc1ccccc12. The zero-order valence-corrected chi connectivity index (χ0v) is 23.6. The van der Waals surface area contributed by atoms with E-state index in [2.05, 4.69) is 58.6 Å². The number of amidine groups is 1. The molecule has 1 atom stereocenters. The Bertz CT molecular complexity index is 2550. The Hall–Kier alpha value is -5.85. The lowest BCUT2D eigenvalue weighted by Crippen LogP contribution is -2.26. The largest absolute Gasteiger partial charge is 0.456 e. The van der Waals surface area contributed by atoms with E-state index in [0.29, 0.717) is 5.84 Å². The molecule has 3 aromatic heterocycles. The molecule has 1 unspecified atom stereocenters. The molecule has 0 radical (unpaired) electrons. The molecule has 0 aliphatic heterocycles. The summed E-state index contributed by atoms with van der Waals surface area (Å²) >= 11 is 0. The van der Waals surface area contributed by atoms with E-state index in [4.69, 9.17) is 19.6 Å². The average Bonchev–Trinajstić information content (AvgIpc) is 3.73. The lowest BCUT2D eigenvalue weighted by atomic mass is 10.1. The van der Waals surface area contributed by atoms with Crippen molar-refractivity contribution in [1.82, 2.24) is 4.68 Å². The molecule has 6 nitrogen and oxygen atoms in total. The summed E-state index contributed by atoms with van der Waals surface area (Å²) in [5.41, 5.74) is 17.5. The second-order valence-corrected chi connectivity index (χ2v) is 11.0. The van der Waals surface area contributed by atoms with Crippen molar-refractivity contribution in [3.05, 3.63) is 145 Å². The molecule has 0 bridgehead atoms. The number of nitrogens with zero attached hydrogens (tertiary/aromatic N) is 2. The summed E-state index contributed by atoms with van der Waals surface area (Å²) in [5, 5.41) is 6.53. The lowest BCUT2D eigenvalue weighted by Gasteiger charge is -2.17. The van der Waals surface area contributed by atoms with Gasteiger partial charge in [0.1, 0.15) is 34.3 Å². The zero-order chi connectivity index (χ0) is 29.2. The van der Waals surface area contributed by atoms with Gasteiger partial charge in [0.15, 0.2) is 0 Å². The first kappa shape index (κ1) is 24.7. The molecule has 9 aromatic rings. The van der Waals surface area contributed by atoms with Crippen LogP contribution in [0.2, 0.25) is 0 Å². The predicted molar refractivity (Wildman–Crippen MR) is 180 cm³/mol. The van der Waals surface area contributed by atoms with Gasteiger partial charge in [0.05, 0.1) is 11.0 Å². The van der Waals surface area contributed by atoms with Gasteiger partial charge in [-0.3, -0.25) is 10.1 Å². The minimum atomic E-state index is -0.683. The number of rotatable bonds is 4. The highest BCUT2D eigenvalue weighted by Gasteiger charge is 2.19. The number of aromatic nitrogens is 1. The van der Waals surface area contributed by atoms with Gasteiger partial charge in [0.2, 0.25) is 0 Å². The van der Waals surface area contributed by atoms with E-state index >= 15 is 0 Å². The molecule has 3 heterocycles. The van der Waals surface area contributed by atoms with Crippen LogP contribution in [-0.2, 0) is 0 Å². The number of nitrogens with one attached hydrogen (secondary N) is 1. The second-order valence-electron chi connectivity index (χ2n) is 11.0. The first-order valence-corrected chi connectivity index (χ1v) is 14.6. The molecule has 0 aliphatic carbocycles. The Morgan fingerprint density at radius 1 is 0.568 bits per heavy atom. The van der Waals surface area contributed by atoms with Crippen LogP contribution in [0, 0.1) is 0 Å². The Kier molecular flexibility index (Phi) is 5.39. The average molecular weight is 571 g/mol. The summed E-state index contributed by atoms with van der Waals surface area (Å²) in [6.45, 7) is 0. The number of benzene rings is 6. The minimum absolute atomic E-state index is 0.638. The molecule has 0 spiro atoms. The predicted octanol–water partition coefficient (Wildman–Crippen LogP) is 9.24. The van der Waals surface area contributed by atoms with Gasteiger partial charge in [-0.2, -0.15) is 0 Å². The zero-order valence-electron chi connectivity index (χ0n) is 23.6. The number of para-hydroxylation sites is 4. The third-order valence-electron chi connectivity index (χ3n) is 8.46. The van der Waals surface area contributed by atoms with Crippen LogP contribution < -0.4 is 11.2 Å². The van der Waals surface area contributed by atoms with Crippen molar-refractivity contribution >= 4 is 71.5 Å². The van der Waals surface area contributed by atoms with Crippen LogP contribution in [0.4, 0.5) is 0 Å². The van der Waals surface area contributed by atoms with Gasteiger partial charge < -0.3 is 14.6 Å². The summed E-state index contributed by atoms with van der Waals surface area (Å²) < 4.78 is 14.7. The van der Waals surface area contributed by atoms with Crippen LogP contribution in [0.3, 0.4) is 0 Å². The Morgan fingerprint density at radius 3 is 2.05 bits per heavy atom. The van der Waals surface area contributed by atoms with E-state index in [-0.39, 0.29) is 0 Å². The van der Waals surface area contributed by atoms with Gasteiger partial charge in [-0.25, -0.2) is 4.99 Å². The summed E-state index contributed by atoms with van der Waals surface area (Å²) in [7, 11) is 0. The fourth-order valence-corrected chi connectivity index (χ4v) is 6.39. The minimum Gasteiger partial charge on any atom is -0.456 e. The maximum atomic E-state index is 6.88. The van der Waals surface area contributed by atoms with Gasteiger partial charge in [-0.1, -0.05) is 103 Å². The fourth-order valence-electron chi connectivity index (χ4n) is 6.39. The van der Waals surface area contributed by atoms with Crippen LogP contribution in [0.1, 0.15) is 17.3 Å². The molecule has 6 heteroatoms. The molecule has 0 amide bonds. The smallest absolute Gasteiger partial charge is 0.149 e. The lowest BCUT2D eigenvalue weighted by molar-refractivity contribution is 0.650. The van der Waals surface area contributed by atoms with Crippen molar-refractivity contribution in [2.45, 2.75) is 6.17 Å². The topological polar surface area (TPSA) is 81.6 Å². The molecule has 210 valence electrons. The van der Waals surface area contributed by atoms with E-state index in [1.165, 1.54) is 0 Å². The number of aliphatic imine (C=N–C) groups is 1. The van der Waals surface area contributed by atoms with Crippen molar-refractivity contribution in [3.63, 3.8) is 0 Å². The Morgan fingerprint density at radius 2 is 1.23 bits per heavy atom. The number of hydrogen-bond acceptors (Lipinski definition) is 4. The normalized spacial score (nSPS) is 13.2. The van der Waals surface area contributed by atoms with Gasteiger partial charge >= 0.3 is 0 Å². The molecule has 0 aliphatic rings. The first-order valence-electron chi connectivity index (χ1n) is 14.6. The van der Waals surface area contributed by atoms with E-state index in [9.17, 15) is 0 Å². The number of hydrogen-bond donors (Lipinski definition) is 2. The van der Waals surface area contributed by atoms with Crippen molar-refractivity contribution in [3.8, 4) is 0 Å². The summed E-state index contributed by atoms with van der Waals surface area (Å²) in [5.74, 6) is 0.638. The molecule has 3 N–H and O–H groups in total. The highest BCUT2D eigenvalue weighted by atomic mass is 16.3. The van der Waals surface area contributed by atoms with Crippen LogP contribution >= 0.6 is 0 Å². The molecule has 0 saturated carbocycles.